The Morgan fingerprint density at radius 1 is 1.11 bits per heavy atom. The highest BCUT2D eigenvalue weighted by molar-refractivity contribution is 5.80. The minimum Gasteiger partial charge on any atom is -0.459 e. The second-order valence-corrected chi connectivity index (χ2v) is 8.34. The van der Waals surface area contributed by atoms with Crippen LogP contribution in [0.5, 0.6) is 0 Å². The molecule has 0 bridgehead atoms. The van der Waals surface area contributed by atoms with Crippen LogP contribution in [0, 0.1) is 16.2 Å². The van der Waals surface area contributed by atoms with E-state index in [4.69, 9.17) is 4.74 Å². The quantitative estimate of drug-likeness (QED) is 0.659. The predicted octanol–water partition coefficient (Wildman–Crippen LogP) is 4.96. The summed E-state index contributed by atoms with van der Waals surface area (Å²) in [5, 5.41) is 0. The van der Waals surface area contributed by atoms with Crippen molar-refractivity contribution in [3.63, 3.8) is 0 Å². The van der Waals surface area contributed by atoms with Gasteiger partial charge in [-0.1, -0.05) is 48.0 Å². The van der Waals surface area contributed by atoms with Gasteiger partial charge in [-0.15, -0.1) is 0 Å². The maximum absolute atomic E-state index is 12.7. The van der Waals surface area contributed by atoms with Gasteiger partial charge >= 0.3 is 5.97 Å². The molecule has 0 spiro atoms. The molecule has 2 heteroatoms. The fourth-order valence-electron chi connectivity index (χ4n) is 3.35. The Morgan fingerprint density at radius 2 is 1.63 bits per heavy atom. The normalized spacial score (nSPS) is 27.5. The van der Waals surface area contributed by atoms with Gasteiger partial charge < -0.3 is 4.74 Å². The fourth-order valence-corrected chi connectivity index (χ4v) is 3.35. The Balaban J connectivity index is 3.24. The zero-order valence-corrected chi connectivity index (χ0v) is 14.1. The number of carbonyl (C=O) groups is 1. The molecule has 0 amide bonds. The van der Waals surface area contributed by atoms with E-state index in [1.165, 1.54) is 0 Å². The molecule has 1 heterocycles. The Labute approximate surface area is 119 Å². The molecule has 0 aliphatic carbocycles. The van der Waals surface area contributed by atoms with E-state index in [9.17, 15) is 4.79 Å². The molecule has 1 aliphatic rings. The Kier molecular flexibility index (Phi) is 4.16. The third-order valence-electron chi connectivity index (χ3n) is 5.40. The van der Waals surface area contributed by atoms with Gasteiger partial charge in [0, 0.05) is 6.42 Å². The summed E-state index contributed by atoms with van der Waals surface area (Å²) in [5.41, 5.74) is -0.520. The van der Waals surface area contributed by atoms with Crippen LogP contribution in [0.4, 0.5) is 0 Å². The highest BCUT2D eigenvalue weighted by Gasteiger charge is 2.60. The highest BCUT2D eigenvalue weighted by Crippen LogP contribution is 2.58. The Bertz CT molecular complexity index is 352. The molecular formula is C17H32O2. The summed E-state index contributed by atoms with van der Waals surface area (Å²) in [7, 11) is 0. The van der Waals surface area contributed by atoms with Crippen molar-refractivity contribution in [2.75, 3.05) is 0 Å². The van der Waals surface area contributed by atoms with Crippen LogP contribution in [-0.2, 0) is 9.53 Å². The zero-order valence-electron chi connectivity index (χ0n) is 14.1. The number of esters is 1. The molecule has 0 radical (unpaired) electrons. The van der Waals surface area contributed by atoms with Crippen molar-refractivity contribution >= 4 is 5.97 Å². The van der Waals surface area contributed by atoms with Gasteiger partial charge in [-0.05, 0) is 37.5 Å². The minimum absolute atomic E-state index is 0.0193. The van der Waals surface area contributed by atoms with Crippen LogP contribution in [0.2, 0.25) is 0 Å². The first kappa shape index (κ1) is 16.5. The minimum atomic E-state index is -0.342. The molecule has 1 unspecified atom stereocenters. The van der Waals surface area contributed by atoms with Crippen molar-refractivity contribution in [1.82, 2.24) is 0 Å². The van der Waals surface area contributed by atoms with Gasteiger partial charge in [0.15, 0.2) is 0 Å². The number of hydrogen-bond donors (Lipinski definition) is 0. The number of carbonyl (C=O) groups excluding carboxylic acids is 1. The monoisotopic (exact) mass is 268 g/mol. The van der Waals surface area contributed by atoms with Crippen molar-refractivity contribution in [3.05, 3.63) is 0 Å². The average molecular weight is 268 g/mol. The fraction of sp³-hybridized carbons (Fsp3) is 0.941. The van der Waals surface area contributed by atoms with E-state index in [2.05, 4.69) is 41.5 Å². The van der Waals surface area contributed by atoms with Crippen LogP contribution >= 0.6 is 0 Å². The summed E-state index contributed by atoms with van der Waals surface area (Å²) < 4.78 is 5.70. The molecule has 0 saturated carbocycles. The smallest absolute Gasteiger partial charge is 0.313 e. The Hall–Kier alpha value is -0.530. The maximum Gasteiger partial charge on any atom is 0.313 e. The predicted molar refractivity (Wildman–Crippen MR) is 80.0 cm³/mol. The van der Waals surface area contributed by atoms with E-state index >= 15 is 0 Å². The topological polar surface area (TPSA) is 26.3 Å². The van der Waals surface area contributed by atoms with Crippen LogP contribution in [0.1, 0.15) is 81.1 Å². The molecule has 1 aliphatic heterocycles. The molecule has 2 nitrogen and oxygen atoms in total. The number of rotatable bonds is 5. The molecule has 0 N–H and O–H groups in total. The first-order chi connectivity index (χ1) is 8.41. The van der Waals surface area contributed by atoms with E-state index in [0.29, 0.717) is 0 Å². The summed E-state index contributed by atoms with van der Waals surface area (Å²) in [6, 6.07) is 0. The first-order valence-electron chi connectivity index (χ1n) is 7.65. The second-order valence-electron chi connectivity index (χ2n) is 8.34. The largest absolute Gasteiger partial charge is 0.459 e. The molecule has 1 saturated heterocycles. The lowest BCUT2D eigenvalue weighted by atomic mass is 9.56. The van der Waals surface area contributed by atoms with Crippen LogP contribution in [0.3, 0.4) is 0 Å². The van der Waals surface area contributed by atoms with Gasteiger partial charge in [-0.2, -0.15) is 0 Å². The molecule has 112 valence electrons. The molecule has 0 aromatic rings. The van der Waals surface area contributed by atoms with Crippen molar-refractivity contribution in [1.29, 1.82) is 0 Å². The summed E-state index contributed by atoms with van der Waals surface area (Å²) in [4.78, 5) is 12.7. The zero-order chi connectivity index (χ0) is 15.1. The van der Waals surface area contributed by atoms with Gasteiger partial charge in [0.05, 0.1) is 5.41 Å². The molecule has 0 aromatic heterocycles. The molecule has 0 aromatic carbocycles. The third kappa shape index (κ3) is 2.98. The molecule has 1 atom stereocenters. The van der Waals surface area contributed by atoms with E-state index in [0.717, 1.165) is 25.7 Å². The lowest BCUT2D eigenvalue weighted by Gasteiger charge is -2.45. The average Bonchev–Trinajstić information content (AvgIpc) is 2.49. The van der Waals surface area contributed by atoms with Gasteiger partial charge in [0.2, 0.25) is 0 Å². The summed E-state index contributed by atoms with van der Waals surface area (Å²) in [5.74, 6) is 0.0193. The third-order valence-corrected chi connectivity index (χ3v) is 5.40. The molecule has 19 heavy (non-hydrogen) atoms. The highest BCUT2D eigenvalue weighted by atomic mass is 16.6. The number of cyclic esters (lactones) is 1. The van der Waals surface area contributed by atoms with E-state index in [1.807, 2.05) is 13.8 Å². The molecule has 1 fully saturated rings. The lowest BCUT2D eigenvalue weighted by molar-refractivity contribution is -0.159. The van der Waals surface area contributed by atoms with Gasteiger partial charge in [-0.3, -0.25) is 4.79 Å². The molecule has 1 rings (SSSR count). The second kappa shape index (κ2) is 4.79. The molecular weight excluding hydrogens is 236 g/mol. The van der Waals surface area contributed by atoms with Crippen LogP contribution < -0.4 is 0 Å². The van der Waals surface area contributed by atoms with Crippen molar-refractivity contribution in [2.45, 2.75) is 86.7 Å². The van der Waals surface area contributed by atoms with E-state index < -0.39 is 0 Å². The SMILES string of the molecule is CCC(C)(C)CC1(C(C)(C)CC)CC(C)(C)OC1=O. The maximum atomic E-state index is 12.7. The van der Waals surface area contributed by atoms with Crippen molar-refractivity contribution in [3.8, 4) is 0 Å². The summed E-state index contributed by atoms with van der Waals surface area (Å²) in [6.45, 7) is 17.4. The summed E-state index contributed by atoms with van der Waals surface area (Å²) in [6.07, 6.45) is 3.84. The van der Waals surface area contributed by atoms with Gasteiger partial charge in [0.1, 0.15) is 5.60 Å². The van der Waals surface area contributed by atoms with E-state index in [-0.39, 0.29) is 27.8 Å². The number of hydrogen-bond acceptors (Lipinski definition) is 2. The Morgan fingerprint density at radius 3 is 1.95 bits per heavy atom. The van der Waals surface area contributed by atoms with Crippen LogP contribution in [-0.4, -0.2) is 11.6 Å². The summed E-state index contributed by atoms with van der Waals surface area (Å²) >= 11 is 0. The van der Waals surface area contributed by atoms with Crippen molar-refractivity contribution < 1.29 is 9.53 Å². The lowest BCUT2D eigenvalue weighted by Crippen LogP contribution is -2.44. The van der Waals surface area contributed by atoms with Crippen molar-refractivity contribution in [2.24, 2.45) is 16.2 Å². The number of ether oxygens (including phenoxy) is 1. The van der Waals surface area contributed by atoms with Crippen LogP contribution in [0.15, 0.2) is 0 Å². The van der Waals surface area contributed by atoms with Crippen LogP contribution in [0.25, 0.3) is 0 Å². The van der Waals surface area contributed by atoms with Gasteiger partial charge in [0.25, 0.3) is 0 Å². The standard InChI is InChI=1S/C17H32O2/c1-9-14(3,4)11-17(15(5,6)10-2)12-16(7,8)19-13(17)18/h9-12H2,1-8H3. The van der Waals surface area contributed by atoms with E-state index in [1.54, 1.807) is 0 Å². The first-order valence-corrected chi connectivity index (χ1v) is 7.65. The van der Waals surface area contributed by atoms with Gasteiger partial charge in [-0.25, -0.2) is 0 Å².